The lowest BCUT2D eigenvalue weighted by molar-refractivity contribution is -0.120. The van der Waals surface area contributed by atoms with E-state index in [1.165, 1.54) is 24.3 Å². The molecule has 7 heteroatoms. The smallest absolute Gasteiger partial charge is 0.251 e. The molecule has 0 aliphatic carbocycles. The van der Waals surface area contributed by atoms with Crippen molar-refractivity contribution in [1.29, 1.82) is 0 Å². The summed E-state index contributed by atoms with van der Waals surface area (Å²) in [6.45, 7) is 3.95. The van der Waals surface area contributed by atoms with Gasteiger partial charge in [0, 0.05) is 23.7 Å². The molecule has 0 radical (unpaired) electrons. The van der Waals surface area contributed by atoms with Crippen molar-refractivity contribution in [3.05, 3.63) is 71.0 Å². The molecule has 2 aromatic carbocycles. The molecule has 0 bridgehead atoms. The average Bonchev–Trinajstić information content (AvgIpc) is 2.71. The number of halogens is 1. The molecule has 0 aliphatic rings. The van der Waals surface area contributed by atoms with Gasteiger partial charge in [-0.05, 0) is 55.3 Å². The molecule has 2 rings (SSSR count). The molecule has 6 nitrogen and oxygen atoms in total. The molecular formula is C21H24FN3O3. The van der Waals surface area contributed by atoms with Crippen LogP contribution in [0.25, 0.3) is 0 Å². The summed E-state index contributed by atoms with van der Waals surface area (Å²) in [4.78, 5) is 36.0. The fourth-order valence-corrected chi connectivity index (χ4v) is 2.36. The van der Waals surface area contributed by atoms with Gasteiger partial charge in [0.05, 0.1) is 6.54 Å². The van der Waals surface area contributed by atoms with Crippen LogP contribution < -0.4 is 16.0 Å². The molecule has 0 spiro atoms. The Morgan fingerprint density at radius 1 is 0.964 bits per heavy atom. The Morgan fingerprint density at radius 3 is 2.36 bits per heavy atom. The highest BCUT2D eigenvalue weighted by atomic mass is 19.1. The molecule has 0 saturated carbocycles. The van der Waals surface area contributed by atoms with Crippen molar-refractivity contribution < 1.29 is 18.8 Å². The zero-order valence-electron chi connectivity index (χ0n) is 15.9. The summed E-state index contributed by atoms with van der Waals surface area (Å²) in [7, 11) is 0. The number of hydrogen-bond acceptors (Lipinski definition) is 3. The van der Waals surface area contributed by atoms with Crippen LogP contribution in [0.15, 0.2) is 48.5 Å². The molecular weight excluding hydrogens is 361 g/mol. The van der Waals surface area contributed by atoms with Crippen molar-refractivity contribution in [3.63, 3.8) is 0 Å². The molecule has 0 aromatic heterocycles. The van der Waals surface area contributed by atoms with Gasteiger partial charge < -0.3 is 16.0 Å². The minimum Gasteiger partial charge on any atom is -0.350 e. The first kappa shape index (κ1) is 21.1. The molecule has 2 aromatic rings. The molecule has 3 N–H and O–H groups in total. The van der Waals surface area contributed by atoms with E-state index in [-0.39, 0.29) is 36.5 Å². The van der Waals surface area contributed by atoms with E-state index in [2.05, 4.69) is 16.0 Å². The summed E-state index contributed by atoms with van der Waals surface area (Å²) in [5.41, 5.74) is 1.57. The minimum absolute atomic E-state index is 0.0839. The van der Waals surface area contributed by atoms with Gasteiger partial charge in [0.25, 0.3) is 11.8 Å². The molecule has 28 heavy (non-hydrogen) atoms. The monoisotopic (exact) mass is 385 g/mol. The largest absolute Gasteiger partial charge is 0.350 e. The summed E-state index contributed by atoms with van der Waals surface area (Å²) in [5.74, 6) is -1.42. The van der Waals surface area contributed by atoms with Crippen molar-refractivity contribution in [2.75, 3.05) is 6.54 Å². The second kappa shape index (κ2) is 10.2. The van der Waals surface area contributed by atoms with E-state index in [9.17, 15) is 18.8 Å². The Labute approximate surface area is 163 Å². The normalized spacial score (nSPS) is 11.4. The Hall–Kier alpha value is -3.22. The van der Waals surface area contributed by atoms with Crippen LogP contribution in [0, 0.1) is 5.82 Å². The van der Waals surface area contributed by atoms with E-state index in [1.54, 1.807) is 24.3 Å². The first-order valence-electron chi connectivity index (χ1n) is 9.09. The Bertz CT molecular complexity index is 837. The lowest BCUT2D eigenvalue weighted by atomic mass is 10.1. The first-order chi connectivity index (χ1) is 13.4. The van der Waals surface area contributed by atoms with Crippen LogP contribution in [0.2, 0.25) is 0 Å². The van der Waals surface area contributed by atoms with Crippen LogP contribution in [-0.4, -0.2) is 30.3 Å². The number of carbonyl (C=O) groups is 3. The number of hydrogen-bond donors (Lipinski definition) is 3. The molecule has 0 fully saturated rings. The summed E-state index contributed by atoms with van der Waals surface area (Å²) in [6, 6.07) is 12.1. The second-order valence-electron chi connectivity index (χ2n) is 6.45. The Kier molecular flexibility index (Phi) is 7.68. The van der Waals surface area contributed by atoms with Gasteiger partial charge in [-0.3, -0.25) is 14.4 Å². The van der Waals surface area contributed by atoms with Gasteiger partial charge in [-0.15, -0.1) is 0 Å². The van der Waals surface area contributed by atoms with Gasteiger partial charge in [-0.1, -0.05) is 19.1 Å². The van der Waals surface area contributed by atoms with E-state index in [1.807, 2.05) is 13.8 Å². The number of benzene rings is 2. The summed E-state index contributed by atoms with van der Waals surface area (Å²) < 4.78 is 12.9. The van der Waals surface area contributed by atoms with Crippen molar-refractivity contribution >= 4 is 17.7 Å². The Balaban J connectivity index is 1.82. The highest BCUT2D eigenvalue weighted by Gasteiger charge is 2.10. The molecule has 0 aliphatic heterocycles. The topological polar surface area (TPSA) is 87.3 Å². The third-order valence-corrected chi connectivity index (χ3v) is 4.18. The third kappa shape index (κ3) is 6.50. The quantitative estimate of drug-likeness (QED) is 0.652. The number of amides is 3. The number of nitrogens with one attached hydrogen (secondary N) is 3. The van der Waals surface area contributed by atoms with Crippen LogP contribution in [0.3, 0.4) is 0 Å². The van der Waals surface area contributed by atoms with Gasteiger partial charge in [0.2, 0.25) is 5.91 Å². The fourth-order valence-electron chi connectivity index (χ4n) is 2.36. The average molecular weight is 385 g/mol. The van der Waals surface area contributed by atoms with Crippen LogP contribution in [0.1, 0.15) is 46.5 Å². The van der Waals surface area contributed by atoms with Crippen molar-refractivity contribution in [2.24, 2.45) is 0 Å². The zero-order valence-corrected chi connectivity index (χ0v) is 15.9. The van der Waals surface area contributed by atoms with Crippen molar-refractivity contribution in [1.82, 2.24) is 16.0 Å². The molecule has 1 unspecified atom stereocenters. The van der Waals surface area contributed by atoms with Gasteiger partial charge in [0.15, 0.2) is 0 Å². The summed E-state index contributed by atoms with van der Waals surface area (Å²) in [5, 5.41) is 8.05. The first-order valence-corrected chi connectivity index (χ1v) is 9.09. The fraction of sp³-hybridized carbons (Fsp3) is 0.286. The maximum absolute atomic E-state index is 12.9. The van der Waals surface area contributed by atoms with Crippen LogP contribution in [-0.2, 0) is 11.3 Å². The predicted molar refractivity (Wildman–Crippen MR) is 104 cm³/mol. The van der Waals surface area contributed by atoms with Crippen LogP contribution in [0.4, 0.5) is 4.39 Å². The van der Waals surface area contributed by atoms with E-state index >= 15 is 0 Å². The van der Waals surface area contributed by atoms with E-state index < -0.39 is 11.7 Å². The van der Waals surface area contributed by atoms with Crippen LogP contribution >= 0.6 is 0 Å². The summed E-state index contributed by atoms with van der Waals surface area (Å²) in [6.07, 6.45) is 0.838. The molecule has 1 atom stereocenters. The molecule has 3 amide bonds. The lowest BCUT2D eigenvalue weighted by Gasteiger charge is -2.12. The minimum atomic E-state index is -0.459. The summed E-state index contributed by atoms with van der Waals surface area (Å²) >= 11 is 0. The highest BCUT2D eigenvalue weighted by molar-refractivity contribution is 5.96. The maximum atomic E-state index is 12.9. The van der Waals surface area contributed by atoms with Crippen LogP contribution in [0.5, 0.6) is 0 Å². The third-order valence-electron chi connectivity index (χ3n) is 4.18. The highest BCUT2D eigenvalue weighted by Crippen LogP contribution is 2.06. The van der Waals surface area contributed by atoms with Gasteiger partial charge in [-0.25, -0.2) is 4.39 Å². The van der Waals surface area contributed by atoms with Gasteiger partial charge >= 0.3 is 0 Å². The van der Waals surface area contributed by atoms with Gasteiger partial charge in [0.1, 0.15) is 5.82 Å². The molecule has 148 valence electrons. The SMILES string of the molecule is CCC(C)NC(=O)c1cccc(CNC(=O)CNC(=O)c2ccc(F)cc2)c1. The molecule has 0 saturated heterocycles. The standard InChI is InChI=1S/C21H24FN3O3/c1-3-14(2)25-21(28)17-6-4-5-15(11-17)12-23-19(26)13-24-20(27)16-7-9-18(22)10-8-16/h4-11,14H,3,12-13H2,1-2H3,(H,23,26)(H,24,27)(H,25,28). The van der Waals surface area contributed by atoms with E-state index in [0.717, 1.165) is 12.0 Å². The molecule has 0 heterocycles. The number of carbonyl (C=O) groups excluding carboxylic acids is 3. The lowest BCUT2D eigenvalue weighted by Crippen LogP contribution is -2.36. The van der Waals surface area contributed by atoms with Crippen molar-refractivity contribution in [2.45, 2.75) is 32.9 Å². The van der Waals surface area contributed by atoms with E-state index in [4.69, 9.17) is 0 Å². The maximum Gasteiger partial charge on any atom is 0.251 e. The second-order valence-corrected chi connectivity index (χ2v) is 6.45. The van der Waals surface area contributed by atoms with Crippen molar-refractivity contribution in [3.8, 4) is 0 Å². The number of rotatable bonds is 8. The predicted octanol–water partition coefficient (Wildman–Crippen LogP) is 2.40. The van der Waals surface area contributed by atoms with Gasteiger partial charge in [-0.2, -0.15) is 0 Å². The Morgan fingerprint density at radius 2 is 1.68 bits per heavy atom. The van der Waals surface area contributed by atoms with E-state index in [0.29, 0.717) is 5.56 Å². The zero-order chi connectivity index (χ0) is 20.5.